The second-order valence-corrected chi connectivity index (χ2v) is 22.8. The lowest BCUT2D eigenvalue weighted by molar-refractivity contribution is -0.109. The number of hydrogen-bond donors (Lipinski definition) is 1. The molecule has 2 aromatic rings. The number of nitrogen functional groups attached to an aromatic ring is 1. The zero-order valence-corrected chi connectivity index (χ0v) is 25.5. The summed E-state index contributed by atoms with van der Waals surface area (Å²) in [5, 5.41) is 1.09. The van der Waals surface area contributed by atoms with Crippen molar-refractivity contribution in [3.63, 3.8) is 0 Å². The van der Waals surface area contributed by atoms with E-state index in [0.29, 0.717) is 24.5 Å². The zero-order chi connectivity index (χ0) is 25.9. The van der Waals surface area contributed by atoms with Crippen molar-refractivity contribution < 1.29 is 13.6 Å². The number of anilines is 1. The van der Waals surface area contributed by atoms with Gasteiger partial charge in [-0.3, -0.25) is 0 Å². The number of nitrogens with zero attached hydrogens (tertiary/aromatic N) is 3. The quantitative estimate of drug-likeness (QED) is 0.330. The van der Waals surface area contributed by atoms with Gasteiger partial charge in [-0.2, -0.15) is 4.98 Å². The Morgan fingerprint density at radius 2 is 1.71 bits per heavy atom. The number of fused-ring (bicyclic) bond motifs is 1. The van der Waals surface area contributed by atoms with E-state index in [1.54, 1.807) is 0 Å². The van der Waals surface area contributed by atoms with Gasteiger partial charge in [0.2, 0.25) is 5.28 Å². The van der Waals surface area contributed by atoms with E-state index in [0.717, 1.165) is 5.39 Å². The van der Waals surface area contributed by atoms with Crippen molar-refractivity contribution in [1.82, 2.24) is 14.5 Å². The number of ether oxygens (including phenoxy) is 1. The molecular weight excluding hydrogens is 484 g/mol. The summed E-state index contributed by atoms with van der Waals surface area (Å²) in [6.07, 6.45) is 2.25. The molecule has 192 valence electrons. The molecule has 0 radical (unpaired) electrons. The van der Waals surface area contributed by atoms with Crippen molar-refractivity contribution in [1.29, 1.82) is 0 Å². The highest BCUT2D eigenvalue weighted by Crippen LogP contribution is 2.46. The molecule has 3 rings (SSSR count). The molecule has 3 atom stereocenters. The Morgan fingerprint density at radius 1 is 1.12 bits per heavy atom. The van der Waals surface area contributed by atoms with Crippen molar-refractivity contribution in [2.75, 3.05) is 12.3 Å². The van der Waals surface area contributed by atoms with Crippen LogP contribution in [0.2, 0.25) is 41.5 Å². The standard InChI is InChI=1S/C24H43ClN4O3Si2/c1-22(2,3)33(8,9)30-15-24(7)17(32-34(10,11)23(4,5)6)14-18(31-24)29-13-12-16-19(26)27-21(25)28-20(16)29/h12-13,17-18H,14-15H2,1-11H3,(H2,26,27,28)/t17?,18-,24-/m1/s1. The summed E-state index contributed by atoms with van der Waals surface area (Å²) < 4.78 is 22.4. The average molecular weight is 527 g/mol. The van der Waals surface area contributed by atoms with Gasteiger partial charge >= 0.3 is 0 Å². The molecule has 1 aliphatic rings. The summed E-state index contributed by atoms with van der Waals surface area (Å²) in [5.74, 6) is 0.366. The molecule has 0 saturated carbocycles. The molecule has 1 unspecified atom stereocenters. The molecule has 0 aliphatic carbocycles. The molecule has 2 N–H and O–H groups in total. The highest BCUT2D eigenvalue weighted by Gasteiger charge is 2.52. The summed E-state index contributed by atoms with van der Waals surface area (Å²) >= 11 is 6.13. The topological polar surface area (TPSA) is 84.4 Å². The summed E-state index contributed by atoms with van der Waals surface area (Å²) in [6.45, 7) is 25.3. The van der Waals surface area contributed by atoms with Gasteiger partial charge in [0.1, 0.15) is 23.3 Å². The lowest BCUT2D eigenvalue weighted by Gasteiger charge is -2.43. The SMILES string of the molecule is CC(C)(C)[Si](C)(C)OC[C@@]1(C)O[C@@H](n2ccc3c(N)nc(Cl)nc32)CC1O[Si](C)(C)C(C)(C)C. The number of hydrogen-bond acceptors (Lipinski definition) is 6. The molecule has 7 nitrogen and oxygen atoms in total. The first-order valence-electron chi connectivity index (χ1n) is 12.1. The van der Waals surface area contributed by atoms with Crippen LogP contribution in [0.25, 0.3) is 11.0 Å². The fourth-order valence-electron chi connectivity index (χ4n) is 3.67. The largest absolute Gasteiger partial charge is 0.414 e. The maximum absolute atomic E-state index is 6.97. The smallest absolute Gasteiger partial charge is 0.226 e. The first kappa shape index (κ1) is 27.6. The molecule has 0 spiro atoms. The third kappa shape index (κ3) is 5.24. The molecule has 34 heavy (non-hydrogen) atoms. The highest BCUT2D eigenvalue weighted by molar-refractivity contribution is 6.74. The van der Waals surface area contributed by atoms with Crippen molar-refractivity contribution in [2.24, 2.45) is 0 Å². The molecule has 1 aliphatic heterocycles. The second kappa shape index (κ2) is 8.85. The minimum Gasteiger partial charge on any atom is -0.414 e. The first-order chi connectivity index (χ1) is 15.3. The summed E-state index contributed by atoms with van der Waals surface area (Å²) in [7, 11) is -4.03. The van der Waals surface area contributed by atoms with Crippen LogP contribution in [0, 0.1) is 0 Å². The Bertz CT molecular complexity index is 1050. The minimum atomic E-state index is -2.06. The van der Waals surface area contributed by atoms with E-state index in [2.05, 4.69) is 84.6 Å². The van der Waals surface area contributed by atoms with Gasteiger partial charge in [-0.15, -0.1) is 0 Å². The third-order valence-electron chi connectivity index (χ3n) is 8.16. The predicted molar refractivity (Wildman–Crippen MR) is 145 cm³/mol. The van der Waals surface area contributed by atoms with E-state index in [4.69, 9.17) is 30.9 Å². The molecule has 1 fully saturated rings. The van der Waals surface area contributed by atoms with Gasteiger partial charge in [-0.05, 0) is 60.9 Å². The van der Waals surface area contributed by atoms with Gasteiger partial charge < -0.3 is 23.9 Å². The molecule has 0 amide bonds. The minimum absolute atomic E-state index is 0.0850. The van der Waals surface area contributed by atoms with E-state index in [9.17, 15) is 0 Å². The van der Waals surface area contributed by atoms with Crippen LogP contribution >= 0.6 is 11.6 Å². The van der Waals surface area contributed by atoms with Gasteiger partial charge in [0.15, 0.2) is 16.6 Å². The number of halogens is 1. The maximum Gasteiger partial charge on any atom is 0.226 e. The lowest BCUT2D eigenvalue weighted by Crippen LogP contribution is -2.53. The maximum atomic E-state index is 6.97. The first-order valence-corrected chi connectivity index (χ1v) is 18.3. The fraction of sp³-hybridized carbons (Fsp3) is 0.750. The summed E-state index contributed by atoms with van der Waals surface area (Å²) in [6, 6.07) is 1.91. The lowest BCUT2D eigenvalue weighted by atomic mass is 10.0. The van der Waals surface area contributed by atoms with E-state index >= 15 is 0 Å². The van der Waals surface area contributed by atoms with Crippen LogP contribution in [0.4, 0.5) is 5.82 Å². The Balaban J connectivity index is 1.97. The van der Waals surface area contributed by atoms with E-state index in [1.165, 1.54) is 0 Å². The van der Waals surface area contributed by atoms with Crippen molar-refractivity contribution >= 4 is 45.1 Å². The Hall–Kier alpha value is -0.976. The van der Waals surface area contributed by atoms with Gasteiger partial charge in [-0.25, -0.2) is 4.98 Å². The normalized spacial score (nSPS) is 24.8. The Morgan fingerprint density at radius 3 is 2.26 bits per heavy atom. The van der Waals surface area contributed by atoms with Crippen LogP contribution in [0.15, 0.2) is 12.3 Å². The predicted octanol–water partition coefficient (Wildman–Crippen LogP) is 6.76. The summed E-state index contributed by atoms with van der Waals surface area (Å²) in [5.41, 5.74) is 6.16. The van der Waals surface area contributed by atoms with Crippen molar-refractivity contribution in [2.45, 2.75) is 109 Å². The van der Waals surface area contributed by atoms with Crippen molar-refractivity contribution in [3.05, 3.63) is 17.5 Å². The van der Waals surface area contributed by atoms with E-state index in [1.807, 2.05) is 16.8 Å². The van der Waals surface area contributed by atoms with Crippen LogP contribution < -0.4 is 5.73 Å². The molecule has 0 bridgehead atoms. The Labute approximate surface area is 212 Å². The second-order valence-electron chi connectivity index (χ2n) is 12.9. The molecule has 10 heteroatoms. The third-order valence-corrected chi connectivity index (χ3v) is 17.3. The summed E-state index contributed by atoms with van der Waals surface area (Å²) in [4.78, 5) is 8.53. The van der Waals surface area contributed by atoms with Crippen molar-refractivity contribution in [3.8, 4) is 0 Å². The molecule has 1 saturated heterocycles. The van der Waals surface area contributed by atoms with Crippen LogP contribution in [-0.2, 0) is 13.6 Å². The van der Waals surface area contributed by atoms with Gasteiger partial charge in [0, 0.05) is 12.6 Å². The Kier molecular flexibility index (Phi) is 7.18. The van der Waals surface area contributed by atoms with Gasteiger partial charge in [0.25, 0.3) is 0 Å². The van der Waals surface area contributed by atoms with Crippen LogP contribution in [0.3, 0.4) is 0 Å². The zero-order valence-electron chi connectivity index (χ0n) is 22.7. The van der Waals surface area contributed by atoms with Crippen LogP contribution in [-0.4, -0.2) is 49.5 Å². The fourth-order valence-corrected chi connectivity index (χ4v) is 6.33. The highest BCUT2D eigenvalue weighted by atomic mass is 35.5. The van der Waals surface area contributed by atoms with Crippen LogP contribution in [0.5, 0.6) is 0 Å². The number of rotatable bonds is 6. The number of aromatic nitrogens is 3. The monoisotopic (exact) mass is 526 g/mol. The van der Waals surface area contributed by atoms with Gasteiger partial charge in [-0.1, -0.05) is 41.5 Å². The molecular formula is C24H43ClN4O3Si2. The van der Waals surface area contributed by atoms with E-state index in [-0.39, 0.29) is 27.7 Å². The van der Waals surface area contributed by atoms with Crippen LogP contribution in [0.1, 0.15) is 61.1 Å². The number of nitrogens with two attached hydrogens (primary N) is 1. The molecule has 3 heterocycles. The molecule has 2 aromatic heterocycles. The molecule has 0 aromatic carbocycles. The van der Waals surface area contributed by atoms with Gasteiger partial charge in [0.05, 0.1) is 18.1 Å². The average Bonchev–Trinajstić information content (AvgIpc) is 3.20. The van der Waals surface area contributed by atoms with E-state index < -0.39 is 22.2 Å².